The molecule has 3 rings (SSSR count). The lowest BCUT2D eigenvalue weighted by molar-refractivity contribution is -0.129. The third-order valence-electron chi connectivity index (χ3n) is 4.14. The summed E-state index contributed by atoms with van der Waals surface area (Å²) in [5.41, 5.74) is 0.480. The number of H-pyrrole nitrogens is 1. The highest BCUT2D eigenvalue weighted by atomic mass is 16.5. The van der Waals surface area contributed by atoms with E-state index in [4.69, 9.17) is 4.74 Å². The lowest BCUT2D eigenvalue weighted by atomic mass is 10.1. The van der Waals surface area contributed by atoms with Crippen LogP contribution in [0.25, 0.3) is 0 Å². The second-order valence-electron chi connectivity index (χ2n) is 5.17. The molecule has 0 unspecified atom stereocenters. The van der Waals surface area contributed by atoms with Gasteiger partial charge in [0.05, 0.1) is 31.2 Å². The molecule has 2 aliphatic heterocycles. The van der Waals surface area contributed by atoms with Gasteiger partial charge in [0.15, 0.2) is 0 Å². The number of likely N-dealkylation sites (tertiary alicyclic amines) is 2. The van der Waals surface area contributed by atoms with Crippen LogP contribution in [0.5, 0.6) is 0 Å². The van der Waals surface area contributed by atoms with Crippen molar-refractivity contribution in [1.29, 1.82) is 0 Å². The van der Waals surface area contributed by atoms with Gasteiger partial charge < -0.3 is 19.5 Å². The molecule has 0 aliphatic carbocycles. The highest BCUT2D eigenvalue weighted by Crippen LogP contribution is 2.32. The number of rotatable bonds is 4. The lowest BCUT2D eigenvalue weighted by Crippen LogP contribution is -2.40. The molecule has 1 N–H and O–H groups in total. The third-order valence-corrected chi connectivity index (χ3v) is 4.14. The van der Waals surface area contributed by atoms with Crippen LogP contribution < -0.4 is 0 Å². The molecule has 0 radical (unpaired) electrons. The van der Waals surface area contributed by atoms with Crippen LogP contribution >= 0.6 is 0 Å². The molecule has 108 valence electrons. The number of carbonyl (C=O) groups is 2. The van der Waals surface area contributed by atoms with E-state index in [0.717, 1.165) is 6.42 Å². The van der Waals surface area contributed by atoms with Crippen molar-refractivity contribution in [3.8, 4) is 0 Å². The number of hydrogen-bond acceptors (Lipinski definition) is 4. The van der Waals surface area contributed by atoms with Crippen molar-refractivity contribution in [3.63, 3.8) is 0 Å². The molecular weight excluding hydrogens is 260 g/mol. The number of fused-ring (bicyclic) bond motifs is 1. The molecule has 2 atom stereocenters. The Balaban J connectivity index is 1.73. The van der Waals surface area contributed by atoms with Gasteiger partial charge in [0, 0.05) is 26.6 Å². The number of imidazole rings is 1. The molecule has 0 aromatic carbocycles. The molecule has 1 aromatic rings. The molecule has 20 heavy (non-hydrogen) atoms. The number of ether oxygens (including phenoxy) is 1. The van der Waals surface area contributed by atoms with Gasteiger partial charge in [0.2, 0.25) is 5.91 Å². The molecule has 1 aromatic heterocycles. The third kappa shape index (κ3) is 2.07. The van der Waals surface area contributed by atoms with E-state index in [1.807, 2.05) is 4.90 Å². The fourth-order valence-corrected chi connectivity index (χ4v) is 3.19. The first kappa shape index (κ1) is 13.1. The molecule has 0 bridgehead atoms. The van der Waals surface area contributed by atoms with Gasteiger partial charge in [-0.15, -0.1) is 0 Å². The zero-order valence-corrected chi connectivity index (χ0v) is 11.4. The maximum atomic E-state index is 12.4. The lowest BCUT2D eigenvalue weighted by Gasteiger charge is -2.24. The molecular formula is C13H18N4O3. The van der Waals surface area contributed by atoms with Crippen molar-refractivity contribution in [2.75, 3.05) is 26.8 Å². The zero-order valence-electron chi connectivity index (χ0n) is 11.4. The predicted molar refractivity (Wildman–Crippen MR) is 70.0 cm³/mol. The molecule has 0 saturated carbocycles. The molecule has 3 heterocycles. The van der Waals surface area contributed by atoms with Crippen molar-refractivity contribution >= 4 is 11.8 Å². The molecule has 0 spiro atoms. The van der Waals surface area contributed by atoms with Crippen LogP contribution in [0.15, 0.2) is 12.5 Å². The Morgan fingerprint density at radius 1 is 1.55 bits per heavy atom. The number of aromatic nitrogens is 2. The van der Waals surface area contributed by atoms with Gasteiger partial charge in [0.25, 0.3) is 5.91 Å². The molecule has 2 saturated heterocycles. The first-order valence-corrected chi connectivity index (χ1v) is 6.80. The monoisotopic (exact) mass is 278 g/mol. The number of carbonyl (C=O) groups excluding carboxylic acids is 2. The largest absolute Gasteiger partial charge is 0.383 e. The minimum absolute atomic E-state index is 0.0184. The summed E-state index contributed by atoms with van der Waals surface area (Å²) < 4.78 is 5.05. The Morgan fingerprint density at radius 3 is 3.10 bits per heavy atom. The first-order valence-electron chi connectivity index (χ1n) is 6.80. The number of nitrogens with one attached hydrogen (secondary N) is 1. The number of aromatic amines is 1. The van der Waals surface area contributed by atoms with Crippen LogP contribution in [-0.4, -0.2) is 70.5 Å². The van der Waals surface area contributed by atoms with E-state index in [1.54, 1.807) is 12.0 Å². The molecule has 2 aliphatic rings. The van der Waals surface area contributed by atoms with Gasteiger partial charge in [0.1, 0.15) is 5.69 Å². The highest BCUT2D eigenvalue weighted by Gasteiger charge is 2.48. The van der Waals surface area contributed by atoms with E-state index in [-0.39, 0.29) is 23.9 Å². The van der Waals surface area contributed by atoms with Crippen molar-refractivity contribution in [2.45, 2.75) is 24.9 Å². The fourth-order valence-electron chi connectivity index (χ4n) is 3.19. The summed E-state index contributed by atoms with van der Waals surface area (Å²) in [6.45, 7) is 1.82. The van der Waals surface area contributed by atoms with Crippen molar-refractivity contribution in [3.05, 3.63) is 18.2 Å². The molecule has 2 amide bonds. The van der Waals surface area contributed by atoms with Gasteiger partial charge >= 0.3 is 0 Å². The van der Waals surface area contributed by atoms with E-state index in [9.17, 15) is 9.59 Å². The standard InChI is InChI=1S/C13H18N4O3/c1-20-5-4-16-10-2-3-17(11(10)6-12(16)18)13(19)9-7-14-8-15-9/h7-8,10-11H,2-6H2,1H3,(H,14,15)/t10-,11+/m1/s1. The minimum atomic E-state index is -0.0728. The van der Waals surface area contributed by atoms with Gasteiger partial charge in [-0.3, -0.25) is 9.59 Å². The predicted octanol–water partition coefficient (Wildman–Crippen LogP) is -0.128. The zero-order chi connectivity index (χ0) is 14.1. The Hall–Kier alpha value is -1.89. The topological polar surface area (TPSA) is 78.5 Å². The Kier molecular flexibility index (Phi) is 3.43. The summed E-state index contributed by atoms with van der Waals surface area (Å²) in [5.74, 6) is 0.0375. The minimum Gasteiger partial charge on any atom is -0.383 e. The maximum Gasteiger partial charge on any atom is 0.272 e. The van der Waals surface area contributed by atoms with E-state index in [0.29, 0.717) is 31.8 Å². The number of amides is 2. The summed E-state index contributed by atoms with van der Waals surface area (Å²) >= 11 is 0. The first-order chi connectivity index (χ1) is 9.72. The van der Waals surface area contributed by atoms with Crippen LogP contribution in [0.3, 0.4) is 0 Å². The second kappa shape index (κ2) is 5.24. The van der Waals surface area contributed by atoms with E-state index >= 15 is 0 Å². The fraction of sp³-hybridized carbons (Fsp3) is 0.615. The van der Waals surface area contributed by atoms with Crippen molar-refractivity contribution in [2.24, 2.45) is 0 Å². The Labute approximate surface area is 116 Å². The SMILES string of the molecule is COCCN1C(=O)C[C@H]2[C@H]1CCN2C(=O)c1cnc[nH]1. The second-order valence-corrected chi connectivity index (χ2v) is 5.17. The maximum absolute atomic E-state index is 12.4. The Bertz CT molecular complexity index is 502. The average Bonchev–Trinajstić information content (AvgIpc) is 3.12. The molecule has 2 fully saturated rings. The average molecular weight is 278 g/mol. The summed E-state index contributed by atoms with van der Waals surface area (Å²) in [4.78, 5) is 34.8. The van der Waals surface area contributed by atoms with Crippen LogP contribution in [-0.2, 0) is 9.53 Å². The number of nitrogens with zero attached hydrogens (tertiary/aromatic N) is 3. The van der Waals surface area contributed by atoms with E-state index < -0.39 is 0 Å². The van der Waals surface area contributed by atoms with Crippen molar-refractivity contribution in [1.82, 2.24) is 19.8 Å². The van der Waals surface area contributed by atoms with Crippen LogP contribution in [0, 0.1) is 0 Å². The van der Waals surface area contributed by atoms with E-state index in [2.05, 4.69) is 9.97 Å². The van der Waals surface area contributed by atoms with Gasteiger partial charge in [-0.2, -0.15) is 0 Å². The smallest absolute Gasteiger partial charge is 0.272 e. The van der Waals surface area contributed by atoms with Crippen LogP contribution in [0.4, 0.5) is 0 Å². The quantitative estimate of drug-likeness (QED) is 0.832. The van der Waals surface area contributed by atoms with Crippen molar-refractivity contribution < 1.29 is 14.3 Å². The summed E-state index contributed by atoms with van der Waals surface area (Å²) in [7, 11) is 1.63. The summed E-state index contributed by atoms with van der Waals surface area (Å²) in [5, 5.41) is 0. The van der Waals surface area contributed by atoms with Gasteiger partial charge in [-0.1, -0.05) is 0 Å². The summed E-state index contributed by atoms with van der Waals surface area (Å²) in [6, 6.07) is 0.111. The number of hydrogen-bond donors (Lipinski definition) is 1. The number of methoxy groups -OCH3 is 1. The molecule has 7 heteroatoms. The van der Waals surface area contributed by atoms with Crippen LogP contribution in [0.1, 0.15) is 23.3 Å². The van der Waals surface area contributed by atoms with Gasteiger partial charge in [-0.05, 0) is 6.42 Å². The Morgan fingerprint density at radius 2 is 2.40 bits per heavy atom. The van der Waals surface area contributed by atoms with E-state index in [1.165, 1.54) is 12.5 Å². The van der Waals surface area contributed by atoms with Gasteiger partial charge in [-0.25, -0.2) is 4.98 Å². The van der Waals surface area contributed by atoms with Crippen LogP contribution in [0.2, 0.25) is 0 Å². The highest BCUT2D eigenvalue weighted by molar-refractivity contribution is 5.93. The molecule has 7 nitrogen and oxygen atoms in total. The normalized spacial score (nSPS) is 25.4. The summed E-state index contributed by atoms with van der Waals surface area (Å²) in [6.07, 6.45) is 4.26.